The van der Waals surface area contributed by atoms with Crippen LogP contribution in [0.1, 0.15) is 12.1 Å². The van der Waals surface area contributed by atoms with Gasteiger partial charge in [0.15, 0.2) is 0 Å². The summed E-state index contributed by atoms with van der Waals surface area (Å²) in [6.45, 7) is 2.61. The van der Waals surface area contributed by atoms with Gasteiger partial charge in [-0.2, -0.15) is 0 Å². The summed E-state index contributed by atoms with van der Waals surface area (Å²) in [7, 11) is 1.73. The number of ether oxygens (including phenoxy) is 1. The molecule has 17 heavy (non-hydrogen) atoms. The molecule has 2 aromatic heterocycles. The minimum absolute atomic E-state index is 0. The molecule has 0 radical (unpaired) electrons. The maximum atomic E-state index is 4.99. The normalized spacial score (nSPS) is 10.4. The summed E-state index contributed by atoms with van der Waals surface area (Å²) >= 11 is 0. The van der Waals surface area contributed by atoms with Gasteiger partial charge in [0.2, 0.25) is 0 Å². The van der Waals surface area contributed by atoms with E-state index in [4.69, 9.17) is 4.74 Å². The zero-order chi connectivity index (χ0) is 11.2. The van der Waals surface area contributed by atoms with Gasteiger partial charge < -0.3 is 14.5 Å². The molecule has 0 aromatic carbocycles. The number of imidazole rings is 1. The van der Waals surface area contributed by atoms with E-state index in [0.29, 0.717) is 0 Å². The fourth-order valence-electron chi connectivity index (χ4n) is 1.67. The predicted molar refractivity (Wildman–Crippen MR) is 70.6 cm³/mol. The van der Waals surface area contributed by atoms with Crippen LogP contribution >= 0.6 is 12.4 Å². The Labute approximate surface area is 107 Å². The molecule has 0 aliphatic heterocycles. The van der Waals surface area contributed by atoms with Crippen molar-refractivity contribution in [2.75, 3.05) is 20.3 Å². The number of hydrogen-bond acceptors (Lipinski definition) is 3. The van der Waals surface area contributed by atoms with E-state index in [1.807, 2.05) is 30.6 Å². The van der Waals surface area contributed by atoms with E-state index in [-0.39, 0.29) is 12.4 Å². The number of rotatable bonds is 6. The van der Waals surface area contributed by atoms with E-state index in [0.717, 1.165) is 31.8 Å². The molecule has 0 bridgehead atoms. The lowest BCUT2D eigenvalue weighted by Crippen LogP contribution is -2.17. The van der Waals surface area contributed by atoms with Crippen LogP contribution in [0, 0.1) is 0 Å². The standard InChI is InChI=1S/C12H17N3O.ClH/c1-16-8-4-6-13-9-11-10-14-12-5-2-3-7-15(11)12;/h2-3,5,7,10,13H,4,6,8-9H2,1H3;1H. The van der Waals surface area contributed by atoms with Gasteiger partial charge >= 0.3 is 0 Å². The molecule has 5 heteroatoms. The second kappa shape index (κ2) is 7.27. The summed E-state index contributed by atoms with van der Waals surface area (Å²) in [4.78, 5) is 4.33. The van der Waals surface area contributed by atoms with Crippen LogP contribution in [-0.2, 0) is 11.3 Å². The first-order valence-electron chi connectivity index (χ1n) is 5.52. The average molecular weight is 256 g/mol. The number of methoxy groups -OCH3 is 1. The van der Waals surface area contributed by atoms with Crippen LogP contribution in [0.25, 0.3) is 5.65 Å². The maximum Gasteiger partial charge on any atom is 0.136 e. The molecule has 0 aliphatic carbocycles. The highest BCUT2D eigenvalue weighted by molar-refractivity contribution is 5.85. The van der Waals surface area contributed by atoms with E-state index in [9.17, 15) is 0 Å². The van der Waals surface area contributed by atoms with Gasteiger partial charge in [0.05, 0.1) is 11.9 Å². The summed E-state index contributed by atoms with van der Waals surface area (Å²) in [6.07, 6.45) is 4.99. The molecule has 2 heterocycles. The fourth-order valence-corrected chi connectivity index (χ4v) is 1.67. The molecule has 0 unspecified atom stereocenters. The van der Waals surface area contributed by atoms with Crippen LogP contribution in [0.4, 0.5) is 0 Å². The third-order valence-corrected chi connectivity index (χ3v) is 2.50. The molecule has 0 saturated heterocycles. The van der Waals surface area contributed by atoms with Gasteiger partial charge in [0, 0.05) is 26.5 Å². The third kappa shape index (κ3) is 3.70. The number of aromatic nitrogens is 2. The van der Waals surface area contributed by atoms with Crippen LogP contribution in [0.2, 0.25) is 0 Å². The van der Waals surface area contributed by atoms with Crippen molar-refractivity contribution in [3.63, 3.8) is 0 Å². The molecule has 1 N–H and O–H groups in total. The van der Waals surface area contributed by atoms with Gasteiger partial charge in [0.1, 0.15) is 5.65 Å². The van der Waals surface area contributed by atoms with Crippen molar-refractivity contribution in [2.24, 2.45) is 0 Å². The quantitative estimate of drug-likeness (QED) is 0.801. The highest BCUT2D eigenvalue weighted by Gasteiger charge is 2.00. The summed E-state index contributed by atoms with van der Waals surface area (Å²) in [6, 6.07) is 6.02. The first-order valence-corrected chi connectivity index (χ1v) is 5.52. The smallest absolute Gasteiger partial charge is 0.136 e. The molecule has 2 aromatic rings. The molecular formula is C12H18ClN3O. The zero-order valence-electron chi connectivity index (χ0n) is 9.93. The Morgan fingerprint density at radius 1 is 1.41 bits per heavy atom. The minimum Gasteiger partial charge on any atom is -0.385 e. The Morgan fingerprint density at radius 3 is 3.12 bits per heavy atom. The Hall–Kier alpha value is -1.10. The number of pyridine rings is 1. The highest BCUT2D eigenvalue weighted by Crippen LogP contribution is 2.05. The lowest BCUT2D eigenvalue weighted by Gasteiger charge is -2.04. The predicted octanol–water partition coefficient (Wildman–Crippen LogP) is 1.88. The molecule has 0 fully saturated rings. The topological polar surface area (TPSA) is 38.6 Å². The largest absolute Gasteiger partial charge is 0.385 e. The average Bonchev–Trinajstić information content (AvgIpc) is 2.73. The molecule has 94 valence electrons. The molecule has 2 rings (SSSR count). The zero-order valence-corrected chi connectivity index (χ0v) is 10.7. The van der Waals surface area contributed by atoms with Crippen molar-refractivity contribution in [2.45, 2.75) is 13.0 Å². The van der Waals surface area contributed by atoms with Crippen molar-refractivity contribution in [1.82, 2.24) is 14.7 Å². The third-order valence-electron chi connectivity index (χ3n) is 2.50. The number of halogens is 1. The van der Waals surface area contributed by atoms with E-state index in [1.165, 1.54) is 5.69 Å². The second-order valence-corrected chi connectivity index (χ2v) is 3.70. The summed E-state index contributed by atoms with van der Waals surface area (Å²) < 4.78 is 7.09. The molecule has 0 spiro atoms. The van der Waals surface area contributed by atoms with Crippen LogP contribution < -0.4 is 5.32 Å². The van der Waals surface area contributed by atoms with Crippen molar-refractivity contribution >= 4 is 18.1 Å². The molecule has 0 amide bonds. The van der Waals surface area contributed by atoms with E-state index in [1.54, 1.807) is 7.11 Å². The van der Waals surface area contributed by atoms with Crippen molar-refractivity contribution in [1.29, 1.82) is 0 Å². The van der Waals surface area contributed by atoms with Crippen LogP contribution in [0.15, 0.2) is 30.6 Å². The summed E-state index contributed by atoms with van der Waals surface area (Å²) in [5, 5.41) is 3.37. The van der Waals surface area contributed by atoms with Gasteiger partial charge in [-0.3, -0.25) is 0 Å². The monoisotopic (exact) mass is 255 g/mol. The second-order valence-electron chi connectivity index (χ2n) is 3.70. The summed E-state index contributed by atoms with van der Waals surface area (Å²) in [5.41, 5.74) is 2.18. The Balaban J connectivity index is 0.00000144. The lowest BCUT2D eigenvalue weighted by atomic mass is 10.4. The lowest BCUT2D eigenvalue weighted by molar-refractivity contribution is 0.194. The van der Waals surface area contributed by atoms with Gasteiger partial charge in [0.25, 0.3) is 0 Å². The Bertz CT molecular complexity index is 444. The Morgan fingerprint density at radius 2 is 2.29 bits per heavy atom. The number of nitrogens with one attached hydrogen (secondary N) is 1. The van der Waals surface area contributed by atoms with Gasteiger partial charge in [-0.05, 0) is 25.1 Å². The van der Waals surface area contributed by atoms with E-state index >= 15 is 0 Å². The molecule has 0 saturated carbocycles. The van der Waals surface area contributed by atoms with Crippen LogP contribution in [0.5, 0.6) is 0 Å². The highest BCUT2D eigenvalue weighted by atomic mass is 35.5. The number of hydrogen-bond donors (Lipinski definition) is 1. The van der Waals surface area contributed by atoms with Crippen LogP contribution in [0.3, 0.4) is 0 Å². The molecule has 4 nitrogen and oxygen atoms in total. The SMILES string of the molecule is COCCCNCc1cnc2ccccn12.Cl. The number of fused-ring (bicyclic) bond motifs is 1. The Kier molecular flexibility index (Phi) is 5.97. The maximum absolute atomic E-state index is 4.99. The minimum atomic E-state index is 0. The van der Waals surface area contributed by atoms with Gasteiger partial charge in [-0.1, -0.05) is 6.07 Å². The fraction of sp³-hybridized carbons (Fsp3) is 0.417. The van der Waals surface area contributed by atoms with E-state index < -0.39 is 0 Å². The number of nitrogens with zero attached hydrogens (tertiary/aromatic N) is 2. The molecule has 0 atom stereocenters. The first kappa shape index (κ1) is 14.0. The van der Waals surface area contributed by atoms with Crippen molar-refractivity contribution in [3.8, 4) is 0 Å². The van der Waals surface area contributed by atoms with Crippen LogP contribution in [-0.4, -0.2) is 29.6 Å². The molecule has 0 aliphatic rings. The van der Waals surface area contributed by atoms with Crippen molar-refractivity contribution < 1.29 is 4.74 Å². The van der Waals surface area contributed by atoms with Gasteiger partial charge in [-0.25, -0.2) is 4.98 Å². The van der Waals surface area contributed by atoms with Crippen molar-refractivity contribution in [3.05, 3.63) is 36.3 Å². The van der Waals surface area contributed by atoms with Gasteiger partial charge in [-0.15, -0.1) is 12.4 Å². The van der Waals surface area contributed by atoms with E-state index in [2.05, 4.69) is 14.7 Å². The summed E-state index contributed by atoms with van der Waals surface area (Å²) in [5.74, 6) is 0. The molecular weight excluding hydrogens is 238 g/mol. The first-order chi connectivity index (χ1) is 7.92.